The summed E-state index contributed by atoms with van der Waals surface area (Å²) in [5.74, 6) is -3.04. The molecule has 2 aromatic heterocycles. The smallest absolute Gasteiger partial charge is 0.418 e. The third-order valence-electron chi connectivity index (χ3n) is 5.22. The van der Waals surface area contributed by atoms with Crippen LogP contribution in [0.3, 0.4) is 0 Å². The Balaban J connectivity index is 1.90. The molecule has 1 amide bonds. The highest BCUT2D eigenvalue weighted by Gasteiger charge is 2.38. The fourth-order valence-corrected chi connectivity index (χ4v) is 4.70. The van der Waals surface area contributed by atoms with E-state index in [9.17, 15) is 26.4 Å². The molecule has 4 rings (SSSR count). The number of halogens is 3. The number of para-hydroxylation sites is 1. The predicted octanol–water partition coefficient (Wildman–Crippen LogP) is 3.63. The highest BCUT2D eigenvalue weighted by atomic mass is 32.2. The molecule has 0 aliphatic carbocycles. The molecule has 14 heteroatoms. The molecule has 0 fully saturated rings. The maximum absolute atomic E-state index is 14.1. The van der Waals surface area contributed by atoms with E-state index in [0.717, 1.165) is 23.8 Å². The fourth-order valence-electron chi connectivity index (χ4n) is 3.63. The van der Waals surface area contributed by atoms with Crippen molar-refractivity contribution in [3.8, 4) is 28.8 Å². The number of rotatable bonds is 8. The second-order valence-electron chi connectivity index (χ2n) is 7.78. The Morgan fingerprint density at radius 3 is 2.32 bits per heavy atom. The van der Waals surface area contributed by atoms with Crippen LogP contribution in [0.4, 0.5) is 13.2 Å². The molecule has 1 N–H and O–H groups in total. The summed E-state index contributed by atoms with van der Waals surface area (Å²) in [7, 11) is -1.78. The van der Waals surface area contributed by atoms with Crippen molar-refractivity contribution in [1.82, 2.24) is 24.5 Å². The van der Waals surface area contributed by atoms with E-state index in [4.69, 9.17) is 9.47 Å². The minimum Gasteiger partial charge on any atom is -0.495 e. The van der Waals surface area contributed by atoms with Crippen LogP contribution in [0.5, 0.6) is 11.6 Å². The molecule has 0 saturated heterocycles. The first kappa shape index (κ1) is 26.6. The molecule has 0 unspecified atom stereocenters. The predicted molar refractivity (Wildman–Crippen MR) is 129 cm³/mol. The first-order valence-electron chi connectivity index (χ1n) is 10.8. The van der Waals surface area contributed by atoms with Gasteiger partial charge in [0, 0.05) is 6.07 Å². The summed E-state index contributed by atoms with van der Waals surface area (Å²) in [6.07, 6.45) is -4.89. The second kappa shape index (κ2) is 10.5. The number of amides is 1. The summed E-state index contributed by atoms with van der Waals surface area (Å²) in [5, 5.41) is 7.64. The van der Waals surface area contributed by atoms with Crippen LogP contribution >= 0.6 is 0 Å². The molecule has 0 radical (unpaired) electrons. The Labute approximate surface area is 215 Å². The molecule has 0 aliphatic heterocycles. The van der Waals surface area contributed by atoms with Crippen LogP contribution in [-0.2, 0) is 22.0 Å². The average Bonchev–Trinajstić information content (AvgIpc) is 3.33. The first-order chi connectivity index (χ1) is 18.0. The monoisotopic (exact) mass is 547 g/mol. The third kappa shape index (κ3) is 5.59. The summed E-state index contributed by atoms with van der Waals surface area (Å²) in [6.45, 7) is 0. The number of sulfonamides is 1. The second-order valence-corrected chi connectivity index (χ2v) is 9.50. The largest absolute Gasteiger partial charge is 0.495 e. The van der Waals surface area contributed by atoms with Crippen LogP contribution in [0.25, 0.3) is 17.2 Å². The summed E-state index contributed by atoms with van der Waals surface area (Å²) in [6, 6.07) is 15.6. The number of aromatic nitrogens is 4. The molecule has 0 saturated carbocycles. The highest BCUT2D eigenvalue weighted by molar-refractivity contribution is 7.89. The zero-order chi connectivity index (χ0) is 27.5. The number of carbonyl (C=O) groups excluding carboxylic acids is 1. The lowest BCUT2D eigenvalue weighted by atomic mass is 10.1. The molecular formula is C24H20F3N5O5S. The Bertz CT molecular complexity index is 1570. The van der Waals surface area contributed by atoms with Gasteiger partial charge >= 0.3 is 12.1 Å². The van der Waals surface area contributed by atoms with Crippen LogP contribution in [0.15, 0.2) is 66.7 Å². The molecule has 198 valence electrons. The zero-order valence-corrected chi connectivity index (χ0v) is 20.7. The number of hydrogen-bond donors (Lipinski definition) is 1. The lowest BCUT2D eigenvalue weighted by molar-refractivity contribution is -0.137. The number of alkyl halides is 3. The maximum atomic E-state index is 14.1. The van der Waals surface area contributed by atoms with E-state index in [-0.39, 0.29) is 23.1 Å². The molecule has 0 spiro atoms. The van der Waals surface area contributed by atoms with Crippen molar-refractivity contribution in [2.45, 2.75) is 11.9 Å². The summed E-state index contributed by atoms with van der Waals surface area (Å²) >= 11 is 0. The fraction of sp³-hybridized carbons (Fsp3) is 0.167. The van der Waals surface area contributed by atoms with Gasteiger partial charge in [-0.25, -0.2) is 18.1 Å². The number of nitrogens with one attached hydrogen (secondary N) is 1. The van der Waals surface area contributed by atoms with E-state index in [0.29, 0.717) is 5.56 Å². The van der Waals surface area contributed by atoms with Gasteiger partial charge in [-0.1, -0.05) is 42.5 Å². The summed E-state index contributed by atoms with van der Waals surface area (Å²) in [4.78, 5) is 17.4. The number of hydrogen-bond acceptors (Lipinski definition) is 8. The van der Waals surface area contributed by atoms with Crippen molar-refractivity contribution >= 4 is 15.9 Å². The third-order valence-corrected chi connectivity index (χ3v) is 6.43. The van der Waals surface area contributed by atoms with Crippen LogP contribution in [0, 0.1) is 0 Å². The lowest BCUT2D eigenvalue weighted by Gasteiger charge is -2.19. The van der Waals surface area contributed by atoms with Gasteiger partial charge in [0.15, 0.2) is 5.82 Å². The van der Waals surface area contributed by atoms with Gasteiger partial charge in [0.2, 0.25) is 21.7 Å². The van der Waals surface area contributed by atoms with E-state index < -0.39 is 44.9 Å². The van der Waals surface area contributed by atoms with E-state index >= 15 is 0 Å². The number of carbonyl (C=O) groups is 1. The number of benzene rings is 2. The summed E-state index contributed by atoms with van der Waals surface area (Å²) < 4.78 is 80.7. The van der Waals surface area contributed by atoms with Crippen molar-refractivity contribution in [2.24, 2.45) is 0 Å². The standard InChI is InChI=1S/C24H20F3N5O5S/c1-36-18-12-6-10-16(24(25,26)27)20(18)32-21(17-11-7-13-19(28-17)37-2)29-30-22(32)23(33)31-38(34,35)14-15-8-4-3-5-9-15/h3-13H,14H2,1-2H3,(H,31,33). The van der Waals surface area contributed by atoms with Crippen molar-refractivity contribution < 1.29 is 35.9 Å². The SMILES string of the molecule is COc1cccc(-c2nnc(C(=O)NS(=O)(=O)Cc3ccccc3)n2-c2c(OC)cccc2C(F)(F)F)n1. The van der Waals surface area contributed by atoms with E-state index in [1.54, 1.807) is 30.3 Å². The molecule has 10 nitrogen and oxygen atoms in total. The number of ether oxygens (including phenoxy) is 2. The highest BCUT2D eigenvalue weighted by Crippen LogP contribution is 2.40. The first-order valence-corrected chi connectivity index (χ1v) is 12.5. The van der Waals surface area contributed by atoms with Gasteiger partial charge in [-0.3, -0.25) is 9.36 Å². The van der Waals surface area contributed by atoms with Crippen LogP contribution in [0.2, 0.25) is 0 Å². The minimum atomic E-state index is -4.89. The lowest BCUT2D eigenvalue weighted by Crippen LogP contribution is -2.33. The van der Waals surface area contributed by atoms with Gasteiger partial charge in [0.25, 0.3) is 0 Å². The van der Waals surface area contributed by atoms with Crippen LogP contribution < -0.4 is 14.2 Å². The van der Waals surface area contributed by atoms with E-state index in [2.05, 4.69) is 15.2 Å². The normalized spacial score (nSPS) is 11.7. The van der Waals surface area contributed by atoms with Gasteiger partial charge in [-0.15, -0.1) is 10.2 Å². The van der Waals surface area contributed by atoms with E-state index in [1.807, 2.05) is 4.72 Å². The topological polar surface area (TPSA) is 125 Å². The Morgan fingerprint density at radius 1 is 0.947 bits per heavy atom. The molecular weight excluding hydrogens is 527 g/mol. The Morgan fingerprint density at radius 2 is 1.66 bits per heavy atom. The quantitative estimate of drug-likeness (QED) is 0.355. The van der Waals surface area contributed by atoms with Crippen molar-refractivity contribution in [3.05, 3.63) is 83.7 Å². The van der Waals surface area contributed by atoms with Crippen LogP contribution in [0.1, 0.15) is 21.7 Å². The molecule has 2 heterocycles. The van der Waals surface area contributed by atoms with Crippen molar-refractivity contribution in [3.63, 3.8) is 0 Å². The molecule has 0 aliphatic rings. The maximum Gasteiger partial charge on any atom is 0.418 e. The summed E-state index contributed by atoms with van der Waals surface area (Å²) in [5.41, 5.74) is -1.42. The van der Waals surface area contributed by atoms with E-state index in [1.165, 1.54) is 31.4 Å². The molecule has 0 atom stereocenters. The van der Waals surface area contributed by atoms with Gasteiger partial charge < -0.3 is 9.47 Å². The number of nitrogens with zero attached hydrogens (tertiary/aromatic N) is 4. The molecule has 2 aromatic carbocycles. The average molecular weight is 548 g/mol. The Hall–Kier alpha value is -4.46. The number of pyridine rings is 1. The molecule has 4 aromatic rings. The molecule has 38 heavy (non-hydrogen) atoms. The van der Waals surface area contributed by atoms with Crippen molar-refractivity contribution in [1.29, 1.82) is 0 Å². The number of methoxy groups -OCH3 is 2. The van der Waals surface area contributed by atoms with Gasteiger partial charge in [-0.2, -0.15) is 13.2 Å². The molecule has 0 bridgehead atoms. The van der Waals surface area contributed by atoms with Crippen molar-refractivity contribution in [2.75, 3.05) is 14.2 Å². The van der Waals surface area contributed by atoms with Gasteiger partial charge in [-0.05, 0) is 23.8 Å². The minimum absolute atomic E-state index is 0.00192. The van der Waals surface area contributed by atoms with Crippen LogP contribution in [-0.4, -0.2) is 48.3 Å². The van der Waals surface area contributed by atoms with Gasteiger partial charge in [0.1, 0.15) is 17.1 Å². The Kier molecular flexibility index (Phi) is 7.35. The zero-order valence-electron chi connectivity index (χ0n) is 19.9. The van der Waals surface area contributed by atoms with Gasteiger partial charge in [0.05, 0.1) is 25.5 Å².